The zero-order valence-corrected chi connectivity index (χ0v) is 22.1. The minimum absolute atomic E-state index is 0.180. The Labute approximate surface area is 223 Å². The van der Waals surface area contributed by atoms with Crippen molar-refractivity contribution in [3.63, 3.8) is 0 Å². The van der Waals surface area contributed by atoms with Gasteiger partial charge in [-0.15, -0.1) is 0 Å². The number of likely N-dealkylation sites (tertiary alicyclic amines) is 1. The molecule has 1 aliphatic carbocycles. The van der Waals surface area contributed by atoms with Crippen LogP contribution in [-0.4, -0.2) is 43.0 Å². The van der Waals surface area contributed by atoms with E-state index in [-0.39, 0.29) is 17.9 Å². The second-order valence-electron chi connectivity index (χ2n) is 12.1. The molecule has 1 amide bonds. The number of carbonyl (C=O) groups excluding carboxylic acids is 1. The third kappa shape index (κ3) is 4.56. The SMILES string of the molecule is O=C([C@@H]1C[NH2+]C[C@]12C[NH2+]Cc1c(C(F)(F)F)cccc12)N1CC[C@@H](c2ccccc2)C[C@H]1C1CCCCC1. The van der Waals surface area contributed by atoms with E-state index in [2.05, 4.69) is 40.5 Å². The van der Waals surface area contributed by atoms with Crippen LogP contribution in [0.25, 0.3) is 0 Å². The van der Waals surface area contributed by atoms with E-state index in [1.807, 2.05) is 11.4 Å². The van der Waals surface area contributed by atoms with E-state index < -0.39 is 17.2 Å². The number of rotatable bonds is 3. The van der Waals surface area contributed by atoms with Crippen LogP contribution in [0, 0.1) is 11.8 Å². The van der Waals surface area contributed by atoms with Gasteiger partial charge in [-0.2, -0.15) is 13.2 Å². The molecule has 1 spiro atoms. The number of piperidine rings is 1. The number of amides is 1. The molecule has 6 rings (SSSR count). The summed E-state index contributed by atoms with van der Waals surface area (Å²) < 4.78 is 41.8. The largest absolute Gasteiger partial charge is 0.416 e. The summed E-state index contributed by atoms with van der Waals surface area (Å²) in [7, 11) is 0. The minimum Gasteiger partial charge on any atom is -0.345 e. The maximum Gasteiger partial charge on any atom is 0.416 e. The minimum atomic E-state index is -4.38. The molecule has 2 aromatic rings. The second kappa shape index (κ2) is 10.3. The van der Waals surface area contributed by atoms with Gasteiger partial charge in [0.05, 0.1) is 25.2 Å². The summed E-state index contributed by atoms with van der Waals surface area (Å²) in [6.07, 6.45) is 3.62. The van der Waals surface area contributed by atoms with E-state index in [0.29, 0.717) is 43.6 Å². The van der Waals surface area contributed by atoms with Crippen LogP contribution in [0.5, 0.6) is 0 Å². The molecule has 1 saturated carbocycles. The number of hydrogen-bond donors (Lipinski definition) is 2. The molecule has 0 radical (unpaired) electrons. The molecular weight excluding hydrogens is 487 g/mol. The smallest absolute Gasteiger partial charge is 0.345 e. The average molecular weight is 528 g/mol. The van der Waals surface area contributed by atoms with Crippen molar-refractivity contribution in [2.45, 2.75) is 75.0 Å². The highest BCUT2D eigenvalue weighted by Gasteiger charge is 2.58. The van der Waals surface area contributed by atoms with E-state index in [4.69, 9.17) is 0 Å². The molecule has 0 unspecified atom stereocenters. The van der Waals surface area contributed by atoms with Crippen molar-refractivity contribution < 1.29 is 28.6 Å². The quantitative estimate of drug-likeness (QED) is 0.630. The topological polar surface area (TPSA) is 53.5 Å². The Kier molecular flexibility index (Phi) is 7.02. The first kappa shape index (κ1) is 25.9. The second-order valence-corrected chi connectivity index (χ2v) is 12.1. The molecule has 204 valence electrons. The van der Waals surface area contributed by atoms with Crippen molar-refractivity contribution in [2.75, 3.05) is 26.2 Å². The van der Waals surface area contributed by atoms with E-state index in [1.54, 1.807) is 6.07 Å². The van der Waals surface area contributed by atoms with E-state index >= 15 is 0 Å². The molecule has 3 fully saturated rings. The van der Waals surface area contributed by atoms with Crippen LogP contribution < -0.4 is 10.6 Å². The number of fused-ring (bicyclic) bond motifs is 2. The Morgan fingerprint density at radius 3 is 2.45 bits per heavy atom. The molecule has 7 heteroatoms. The Morgan fingerprint density at radius 2 is 1.68 bits per heavy atom. The van der Waals surface area contributed by atoms with Gasteiger partial charge >= 0.3 is 6.18 Å². The lowest BCUT2D eigenvalue weighted by molar-refractivity contribution is -0.691. The molecule has 0 bridgehead atoms. The summed E-state index contributed by atoms with van der Waals surface area (Å²) in [6, 6.07) is 15.5. The number of halogens is 3. The number of nitrogens with zero attached hydrogens (tertiary/aromatic N) is 1. The van der Waals surface area contributed by atoms with Crippen molar-refractivity contribution in [3.8, 4) is 0 Å². The maximum atomic E-state index is 14.5. The summed E-state index contributed by atoms with van der Waals surface area (Å²) in [5.41, 5.74) is 1.41. The zero-order valence-electron chi connectivity index (χ0n) is 22.1. The molecule has 3 aliphatic heterocycles. The van der Waals surface area contributed by atoms with Crippen molar-refractivity contribution in [3.05, 3.63) is 70.8 Å². The standard InChI is InChI=1S/C31H38F3N3O/c32-31(33,34)26-13-7-12-25-24(26)17-35-19-30(25)20-36-18-27(30)29(38)37-15-14-23(21-8-3-1-4-9-21)16-28(37)22-10-5-2-6-11-22/h1,3-4,7-9,12-13,22-23,27-28,35-36H,2,5-6,10-11,14-20H2/p+2/t23-,27+,28+,30+/m1/s1. The van der Waals surface area contributed by atoms with Crippen LogP contribution in [0.4, 0.5) is 13.2 Å². The first-order valence-corrected chi connectivity index (χ1v) is 14.6. The normalized spacial score (nSPS) is 30.4. The summed E-state index contributed by atoms with van der Waals surface area (Å²) in [5, 5.41) is 4.16. The van der Waals surface area contributed by atoms with E-state index in [0.717, 1.165) is 24.9 Å². The Balaban J connectivity index is 1.32. The van der Waals surface area contributed by atoms with Gasteiger partial charge in [0.1, 0.15) is 17.9 Å². The van der Waals surface area contributed by atoms with Gasteiger partial charge in [0.25, 0.3) is 0 Å². The van der Waals surface area contributed by atoms with Crippen LogP contribution in [-0.2, 0) is 22.9 Å². The molecule has 2 aromatic carbocycles. The summed E-state index contributed by atoms with van der Waals surface area (Å²) in [5.74, 6) is 0.858. The van der Waals surface area contributed by atoms with Crippen LogP contribution in [0.1, 0.15) is 73.1 Å². The number of nitrogens with two attached hydrogens (primary N) is 2. The fraction of sp³-hybridized carbons (Fsp3) is 0.581. The third-order valence-corrected chi connectivity index (χ3v) is 10.1. The molecule has 4 N–H and O–H groups in total. The first-order valence-electron chi connectivity index (χ1n) is 14.6. The van der Waals surface area contributed by atoms with Crippen LogP contribution in [0.15, 0.2) is 48.5 Å². The predicted octanol–water partition coefficient (Wildman–Crippen LogP) is 3.57. The molecule has 4 nitrogen and oxygen atoms in total. The molecule has 2 saturated heterocycles. The molecule has 0 aromatic heterocycles. The van der Waals surface area contributed by atoms with Gasteiger partial charge in [-0.1, -0.05) is 61.7 Å². The highest BCUT2D eigenvalue weighted by atomic mass is 19.4. The summed E-state index contributed by atoms with van der Waals surface area (Å²) in [4.78, 5) is 16.7. The fourth-order valence-electron chi connectivity index (χ4n) is 8.32. The molecular formula is C31H40F3N3O+2. The monoisotopic (exact) mass is 527 g/mol. The number of hydrogen-bond acceptors (Lipinski definition) is 1. The van der Waals surface area contributed by atoms with Crippen molar-refractivity contribution in [2.24, 2.45) is 11.8 Å². The fourth-order valence-corrected chi connectivity index (χ4v) is 8.32. The van der Waals surface area contributed by atoms with Crippen LogP contribution in [0.3, 0.4) is 0 Å². The molecule has 4 aliphatic rings. The van der Waals surface area contributed by atoms with Gasteiger partial charge in [0.15, 0.2) is 0 Å². The van der Waals surface area contributed by atoms with Gasteiger partial charge in [0.2, 0.25) is 5.91 Å². The van der Waals surface area contributed by atoms with Crippen LogP contribution in [0.2, 0.25) is 0 Å². The molecule has 4 atom stereocenters. The van der Waals surface area contributed by atoms with Gasteiger partial charge in [-0.3, -0.25) is 4.79 Å². The number of carbonyl (C=O) groups is 1. The molecule has 38 heavy (non-hydrogen) atoms. The van der Waals surface area contributed by atoms with E-state index in [1.165, 1.54) is 43.7 Å². The Bertz CT molecular complexity index is 1150. The highest BCUT2D eigenvalue weighted by Crippen LogP contribution is 2.44. The molecule has 3 heterocycles. The third-order valence-electron chi connectivity index (χ3n) is 10.1. The van der Waals surface area contributed by atoms with Crippen molar-refractivity contribution in [1.29, 1.82) is 0 Å². The highest BCUT2D eigenvalue weighted by molar-refractivity contribution is 5.82. The summed E-state index contributed by atoms with van der Waals surface area (Å²) in [6.45, 7) is 3.05. The number of benzene rings is 2. The van der Waals surface area contributed by atoms with Gasteiger partial charge in [-0.05, 0) is 54.7 Å². The van der Waals surface area contributed by atoms with Crippen molar-refractivity contribution >= 4 is 5.91 Å². The van der Waals surface area contributed by atoms with Gasteiger partial charge in [0, 0.05) is 18.2 Å². The zero-order chi connectivity index (χ0) is 26.3. The van der Waals surface area contributed by atoms with Crippen molar-refractivity contribution in [1.82, 2.24) is 4.90 Å². The maximum absolute atomic E-state index is 14.5. The van der Waals surface area contributed by atoms with E-state index in [9.17, 15) is 18.0 Å². The lowest BCUT2D eigenvalue weighted by Crippen LogP contribution is -2.91. The number of alkyl halides is 3. The van der Waals surface area contributed by atoms with Gasteiger partial charge < -0.3 is 15.5 Å². The predicted molar refractivity (Wildman–Crippen MR) is 139 cm³/mol. The summed E-state index contributed by atoms with van der Waals surface area (Å²) >= 11 is 0. The van der Waals surface area contributed by atoms with Gasteiger partial charge in [-0.25, -0.2) is 0 Å². The Hall–Kier alpha value is -2.38. The average Bonchev–Trinajstić information content (AvgIpc) is 3.36. The van der Waals surface area contributed by atoms with Crippen LogP contribution >= 0.6 is 0 Å². The lowest BCUT2D eigenvalue weighted by Gasteiger charge is -2.47. The Morgan fingerprint density at radius 1 is 0.921 bits per heavy atom. The number of quaternary nitrogens is 2. The first-order chi connectivity index (χ1) is 18.4. The lowest BCUT2D eigenvalue weighted by atomic mass is 9.67.